The predicted octanol–water partition coefficient (Wildman–Crippen LogP) is 2.08. The van der Waals surface area contributed by atoms with E-state index in [4.69, 9.17) is 9.26 Å². The molecule has 1 aromatic heterocycles. The third-order valence-corrected chi connectivity index (χ3v) is 5.32. The predicted molar refractivity (Wildman–Crippen MR) is 109 cm³/mol. The highest BCUT2D eigenvalue weighted by atomic mass is 16.5. The fourth-order valence-corrected chi connectivity index (χ4v) is 3.76. The van der Waals surface area contributed by atoms with Crippen molar-refractivity contribution in [3.05, 3.63) is 60.5 Å². The molecule has 3 aromatic rings. The van der Waals surface area contributed by atoms with Gasteiger partial charge in [0, 0.05) is 18.4 Å². The Morgan fingerprint density at radius 1 is 1.04 bits per heavy atom. The summed E-state index contributed by atoms with van der Waals surface area (Å²) >= 11 is 0. The summed E-state index contributed by atoms with van der Waals surface area (Å²) in [5, 5.41) is 4.10. The monoisotopic (exact) mass is 379 g/mol. The lowest BCUT2D eigenvalue weighted by molar-refractivity contribution is -0.900. The number of ether oxygens (including phenoxy) is 1. The summed E-state index contributed by atoms with van der Waals surface area (Å²) < 4.78 is 10.9. The second-order valence-electron chi connectivity index (χ2n) is 7.14. The lowest BCUT2D eigenvalue weighted by atomic mass is 10.2. The van der Waals surface area contributed by atoms with Gasteiger partial charge in [-0.15, -0.1) is 0 Å². The van der Waals surface area contributed by atoms with Gasteiger partial charge in [-0.2, -0.15) is 4.98 Å². The molecule has 0 spiro atoms. The molecule has 146 valence electrons. The summed E-state index contributed by atoms with van der Waals surface area (Å²) in [6.07, 6.45) is 1.89. The quantitative estimate of drug-likeness (QED) is 0.681. The topological polar surface area (TPSA) is 55.8 Å². The molecule has 0 bridgehead atoms. The van der Waals surface area contributed by atoms with Gasteiger partial charge in [0.1, 0.15) is 5.75 Å². The van der Waals surface area contributed by atoms with Crippen molar-refractivity contribution < 1.29 is 14.2 Å². The SMILES string of the molecule is COc1ccccc1N1CC[NH+](CCCc2nc(-c3ccccc3)no2)CC1. The molecule has 6 nitrogen and oxygen atoms in total. The molecule has 2 heterocycles. The number of rotatable bonds is 7. The van der Waals surface area contributed by atoms with Crippen LogP contribution in [0.5, 0.6) is 5.75 Å². The van der Waals surface area contributed by atoms with Gasteiger partial charge >= 0.3 is 0 Å². The van der Waals surface area contributed by atoms with Gasteiger partial charge in [0.15, 0.2) is 0 Å². The number of anilines is 1. The highest BCUT2D eigenvalue weighted by Gasteiger charge is 2.22. The Kier molecular flexibility index (Phi) is 5.87. The van der Waals surface area contributed by atoms with E-state index in [-0.39, 0.29) is 0 Å². The largest absolute Gasteiger partial charge is 0.495 e. The Morgan fingerprint density at radius 2 is 1.79 bits per heavy atom. The third-order valence-electron chi connectivity index (χ3n) is 5.32. The van der Waals surface area contributed by atoms with Gasteiger partial charge in [-0.25, -0.2) is 0 Å². The van der Waals surface area contributed by atoms with Crippen LogP contribution in [-0.4, -0.2) is 50.0 Å². The molecule has 1 aliphatic heterocycles. The number of para-hydroxylation sites is 2. The first-order valence-corrected chi connectivity index (χ1v) is 9.93. The van der Waals surface area contributed by atoms with E-state index >= 15 is 0 Å². The molecule has 2 aromatic carbocycles. The van der Waals surface area contributed by atoms with E-state index in [0.29, 0.717) is 5.82 Å². The van der Waals surface area contributed by atoms with E-state index in [1.807, 2.05) is 42.5 Å². The summed E-state index contributed by atoms with van der Waals surface area (Å²) in [7, 11) is 1.74. The molecule has 6 heteroatoms. The molecule has 0 radical (unpaired) electrons. The molecule has 28 heavy (non-hydrogen) atoms. The van der Waals surface area contributed by atoms with Crippen molar-refractivity contribution in [1.82, 2.24) is 10.1 Å². The highest BCUT2D eigenvalue weighted by Crippen LogP contribution is 2.27. The maximum atomic E-state index is 5.50. The molecular formula is C22H27N4O2+. The highest BCUT2D eigenvalue weighted by molar-refractivity contribution is 5.58. The number of methoxy groups -OCH3 is 1. The van der Waals surface area contributed by atoms with Crippen LogP contribution in [-0.2, 0) is 6.42 Å². The number of benzene rings is 2. The first kappa shape index (κ1) is 18.5. The first-order chi connectivity index (χ1) is 13.8. The first-order valence-electron chi connectivity index (χ1n) is 9.93. The van der Waals surface area contributed by atoms with Gasteiger partial charge in [0.2, 0.25) is 11.7 Å². The van der Waals surface area contributed by atoms with Crippen LogP contribution in [0.25, 0.3) is 11.4 Å². The minimum atomic E-state index is 0.674. The van der Waals surface area contributed by atoms with Gasteiger partial charge in [-0.3, -0.25) is 0 Å². The molecule has 1 fully saturated rings. The van der Waals surface area contributed by atoms with Gasteiger partial charge in [0.05, 0.1) is 45.5 Å². The zero-order valence-electron chi connectivity index (χ0n) is 16.3. The fraction of sp³-hybridized carbons (Fsp3) is 0.364. The van der Waals surface area contributed by atoms with E-state index in [9.17, 15) is 0 Å². The lowest BCUT2D eigenvalue weighted by Gasteiger charge is -2.34. The van der Waals surface area contributed by atoms with Crippen LogP contribution in [0.15, 0.2) is 59.1 Å². The smallest absolute Gasteiger partial charge is 0.227 e. The summed E-state index contributed by atoms with van der Waals surface area (Å²) in [5.41, 5.74) is 2.19. The maximum Gasteiger partial charge on any atom is 0.227 e. The van der Waals surface area contributed by atoms with Crippen molar-refractivity contribution in [2.45, 2.75) is 12.8 Å². The van der Waals surface area contributed by atoms with Crippen molar-refractivity contribution in [2.24, 2.45) is 0 Å². The number of hydrogen-bond donors (Lipinski definition) is 1. The molecule has 1 N–H and O–H groups in total. The van der Waals surface area contributed by atoms with E-state index in [1.54, 1.807) is 12.0 Å². The van der Waals surface area contributed by atoms with Crippen molar-refractivity contribution in [2.75, 3.05) is 44.7 Å². The Morgan fingerprint density at radius 3 is 2.57 bits per heavy atom. The molecular weight excluding hydrogens is 352 g/mol. The van der Waals surface area contributed by atoms with Gasteiger partial charge in [0.25, 0.3) is 0 Å². The number of hydrogen-bond acceptors (Lipinski definition) is 5. The van der Waals surface area contributed by atoms with Crippen molar-refractivity contribution in [1.29, 1.82) is 0 Å². The molecule has 4 rings (SSSR count). The fourth-order valence-electron chi connectivity index (χ4n) is 3.76. The number of nitrogens with zero attached hydrogens (tertiary/aromatic N) is 3. The van der Waals surface area contributed by atoms with E-state index < -0.39 is 0 Å². The normalized spacial score (nSPS) is 15.0. The third kappa shape index (κ3) is 4.34. The van der Waals surface area contributed by atoms with E-state index in [2.05, 4.69) is 27.2 Å². The minimum absolute atomic E-state index is 0.674. The van der Waals surface area contributed by atoms with Crippen LogP contribution in [0.2, 0.25) is 0 Å². The minimum Gasteiger partial charge on any atom is -0.495 e. The zero-order chi connectivity index (χ0) is 19.2. The Labute approximate surface area is 165 Å². The van der Waals surface area contributed by atoms with Crippen LogP contribution in [0.3, 0.4) is 0 Å². The number of nitrogens with one attached hydrogen (secondary N) is 1. The molecule has 0 amide bonds. The Hall–Kier alpha value is -2.86. The van der Waals surface area contributed by atoms with Crippen LogP contribution in [0.4, 0.5) is 5.69 Å². The molecule has 1 saturated heterocycles. The van der Waals surface area contributed by atoms with Crippen LogP contribution in [0, 0.1) is 0 Å². The average Bonchev–Trinajstić information content (AvgIpc) is 3.24. The molecule has 0 aliphatic carbocycles. The van der Waals surface area contributed by atoms with Crippen molar-refractivity contribution >= 4 is 5.69 Å². The number of quaternary nitrogens is 1. The molecule has 0 atom stereocenters. The molecule has 0 saturated carbocycles. The summed E-state index contributed by atoms with van der Waals surface area (Å²) in [6.45, 7) is 5.50. The van der Waals surface area contributed by atoms with Gasteiger partial charge in [-0.05, 0) is 12.1 Å². The Balaban J connectivity index is 1.23. The second kappa shape index (κ2) is 8.89. The zero-order valence-corrected chi connectivity index (χ0v) is 16.3. The number of aromatic nitrogens is 2. The van der Waals surface area contributed by atoms with E-state index in [0.717, 1.165) is 62.8 Å². The van der Waals surface area contributed by atoms with Crippen LogP contribution >= 0.6 is 0 Å². The lowest BCUT2D eigenvalue weighted by Crippen LogP contribution is -3.14. The maximum absolute atomic E-state index is 5.50. The van der Waals surface area contributed by atoms with Crippen LogP contribution < -0.4 is 14.5 Å². The summed E-state index contributed by atoms with van der Waals surface area (Å²) in [6, 6.07) is 18.2. The number of aryl methyl sites for hydroxylation is 1. The average molecular weight is 379 g/mol. The van der Waals surface area contributed by atoms with Gasteiger partial charge in [-0.1, -0.05) is 47.6 Å². The standard InChI is InChI=1S/C22H26N4O2/c1-27-20-11-6-5-10-19(20)26-16-14-25(15-17-26)13-7-12-21-23-22(24-28-21)18-8-3-2-4-9-18/h2-6,8-11H,7,12-17H2,1H3/p+1. The molecule has 0 unspecified atom stereocenters. The number of piperazine rings is 1. The molecule has 1 aliphatic rings. The van der Waals surface area contributed by atoms with E-state index in [1.165, 1.54) is 5.69 Å². The van der Waals surface area contributed by atoms with Gasteiger partial charge < -0.3 is 19.1 Å². The summed E-state index contributed by atoms with van der Waals surface area (Å²) in [5.74, 6) is 2.36. The summed E-state index contributed by atoms with van der Waals surface area (Å²) in [4.78, 5) is 8.58. The van der Waals surface area contributed by atoms with Crippen molar-refractivity contribution in [3.8, 4) is 17.1 Å². The second-order valence-corrected chi connectivity index (χ2v) is 7.14. The van der Waals surface area contributed by atoms with Crippen LogP contribution in [0.1, 0.15) is 12.3 Å². The Bertz CT molecular complexity index is 873. The van der Waals surface area contributed by atoms with Crippen molar-refractivity contribution in [3.63, 3.8) is 0 Å².